The van der Waals surface area contributed by atoms with E-state index in [1.165, 1.54) is 0 Å². The number of hydrazine groups is 1. The van der Waals surface area contributed by atoms with Gasteiger partial charge in [-0.05, 0) is 6.07 Å². The van der Waals surface area contributed by atoms with Crippen LogP contribution in [0.5, 0.6) is 0 Å². The van der Waals surface area contributed by atoms with Crippen molar-refractivity contribution in [2.75, 3.05) is 5.43 Å². The maximum absolute atomic E-state index is 5.74. The van der Waals surface area contributed by atoms with E-state index >= 15 is 0 Å². The number of nitrogen functional groups attached to an aromatic ring is 1. The molecule has 3 N–H and O–H groups in total. The third-order valence-electron chi connectivity index (χ3n) is 1.71. The van der Waals surface area contributed by atoms with Crippen molar-refractivity contribution >= 4 is 17.4 Å². The minimum absolute atomic E-state index is 0.578. The number of aromatic nitrogens is 3. The second kappa shape index (κ2) is 3.65. The number of halogens is 1. The fourth-order valence-corrected chi connectivity index (χ4v) is 1.22. The first-order chi connectivity index (χ1) is 6.79. The Morgan fingerprint density at radius 1 is 1.50 bits per heavy atom. The average molecular weight is 210 g/mol. The molecule has 2 aromatic heterocycles. The van der Waals surface area contributed by atoms with Crippen LogP contribution in [0.25, 0.3) is 5.69 Å². The van der Waals surface area contributed by atoms with Gasteiger partial charge in [0.1, 0.15) is 5.82 Å². The first-order valence-corrected chi connectivity index (χ1v) is 4.30. The molecule has 6 heteroatoms. The summed E-state index contributed by atoms with van der Waals surface area (Å²) in [5.74, 6) is 5.81. The molecule has 2 heterocycles. The summed E-state index contributed by atoms with van der Waals surface area (Å²) in [4.78, 5) is 3.98. The minimum atomic E-state index is 0.578. The second-order valence-electron chi connectivity index (χ2n) is 2.65. The topological polar surface area (TPSA) is 68.8 Å². The van der Waals surface area contributed by atoms with Crippen molar-refractivity contribution in [3.63, 3.8) is 0 Å². The number of anilines is 1. The van der Waals surface area contributed by atoms with Gasteiger partial charge in [-0.2, -0.15) is 5.10 Å². The Bertz CT molecular complexity index is 439. The van der Waals surface area contributed by atoms with E-state index in [9.17, 15) is 0 Å². The number of nitrogens with zero attached hydrogens (tertiary/aromatic N) is 3. The van der Waals surface area contributed by atoms with Crippen molar-refractivity contribution in [3.05, 3.63) is 35.7 Å². The highest BCUT2D eigenvalue weighted by Gasteiger charge is 2.00. The van der Waals surface area contributed by atoms with Crippen LogP contribution in [0.1, 0.15) is 0 Å². The molecule has 2 aromatic rings. The van der Waals surface area contributed by atoms with Gasteiger partial charge >= 0.3 is 0 Å². The summed E-state index contributed by atoms with van der Waals surface area (Å²) in [6.45, 7) is 0. The molecular weight excluding hydrogens is 202 g/mol. The number of pyridine rings is 1. The molecule has 0 saturated heterocycles. The van der Waals surface area contributed by atoms with Crippen molar-refractivity contribution in [2.24, 2.45) is 5.84 Å². The van der Waals surface area contributed by atoms with Crippen LogP contribution in [0.3, 0.4) is 0 Å². The SMILES string of the molecule is NNc1cc(-n2cc(Cl)cn2)ccn1. The fraction of sp³-hybridized carbons (Fsp3) is 0. The van der Waals surface area contributed by atoms with E-state index in [2.05, 4.69) is 15.5 Å². The normalized spacial score (nSPS) is 10.1. The summed E-state index contributed by atoms with van der Waals surface area (Å²) in [5.41, 5.74) is 3.31. The van der Waals surface area contributed by atoms with Crippen molar-refractivity contribution in [3.8, 4) is 5.69 Å². The van der Waals surface area contributed by atoms with Gasteiger partial charge in [-0.1, -0.05) is 11.6 Å². The highest BCUT2D eigenvalue weighted by atomic mass is 35.5. The minimum Gasteiger partial charge on any atom is -0.308 e. The molecule has 0 fully saturated rings. The van der Waals surface area contributed by atoms with Crippen LogP contribution in [0.15, 0.2) is 30.7 Å². The van der Waals surface area contributed by atoms with E-state index in [0.717, 1.165) is 5.69 Å². The third-order valence-corrected chi connectivity index (χ3v) is 1.90. The van der Waals surface area contributed by atoms with E-state index in [1.807, 2.05) is 6.07 Å². The zero-order chi connectivity index (χ0) is 9.97. The lowest BCUT2D eigenvalue weighted by Gasteiger charge is -2.02. The van der Waals surface area contributed by atoms with E-state index in [4.69, 9.17) is 17.4 Å². The molecule has 0 unspecified atom stereocenters. The summed E-state index contributed by atoms with van der Waals surface area (Å²) >= 11 is 5.74. The van der Waals surface area contributed by atoms with Crippen LogP contribution in [0, 0.1) is 0 Å². The van der Waals surface area contributed by atoms with Crippen LogP contribution < -0.4 is 11.3 Å². The number of hydrogen-bond donors (Lipinski definition) is 2. The van der Waals surface area contributed by atoms with Gasteiger partial charge in [-0.3, -0.25) is 0 Å². The largest absolute Gasteiger partial charge is 0.308 e. The molecule has 0 bridgehead atoms. The monoisotopic (exact) mass is 209 g/mol. The first kappa shape index (κ1) is 8.98. The van der Waals surface area contributed by atoms with Gasteiger partial charge in [0.15, 0.2) is 0 Å². The second-order valence-corrected chi connectivity index (χ2v) is 3.08. The molecule has 0 atom stereocenters. The molecule has 0 aliphatic heterocycles. The van der Waals surface area contributed by atoms with Crippen LogP contribution in [-0.2, 0) is 0 Å². The van der Waals surface area contributed by atoms with E-state index in [-0.39, 0.29) is 0 Å². The van der Waals surface area contributed by atoms with Gasteiger partial charge in [0, 0.05) is 18.5 Å². The number of rotatable bonds is 2. The number of nitrogens with one attached hydrogen (secondary N) is 1. The standard InChI is InChI=1S/C8H8ClN5/c9-6-4-12-14(5-6)7-1-2-11-8(3-7)13-10/h1-5H,10H2,(H,11,13). The molecule has 72 valence electrons. The van der Waals surface area contributed by atoms with Gasteiger partial charge < -0.3 is 5.43 Å². The van der Waals surface area contributed by atoms with Crippen LogP contribution in [-0.4, -0.2) is 14.8 Å². The Morgan fingerprint density at radius 3 is 3.00 bits per heavy atom. The molecule has 0 amide bonds. The molecule has 0 aliphatic carbocycles. The Kier molecular flexibility index (Phi) is 2.34. The Hall–Kier alpha value is -1.59. The zero-order valence-electron chi connectivity index (χ0n) is 7.18. The van der Waals surface area contributed by atoms with Gasteiger partial charge in [0.25, 0.3) is 0 Å². The van der Waals surface area contributed by atoms with Gasteiger partial charge in [0.2, 0.25) is 0 Å². The summed E-state index contributed by atoms with van der Waals surface area (Å²) in [7, 11) is 0. The lowest BCUT2D eigenvalue weighted by Crippen LogP contribution is -2.09. The smallest absolute Gasteiger partial charge is 0.142 e. The molecule has 0 aliphatic rings. The highest BCUT2D eigenvalue weighted by molar-refractivity contribution is 6.30. The molecule has 0 aromatic carbocycles. The lowest BCUT2D eigenvalue weighted by atomic mass is 10.4. The first-order valence-electron chi connectivity index (χ1n) is 3.93. The summed E-state index contributed by atoms with van der Waals surface area (Å²) in [6, 6.07) is 3.58. The molecular formula is C8H8ClN5. The van der Waals surface area contributed by atoms with Crippen LogP contribution in [0.4, 0.5) is 5.82 Å². The van der Waals surface area contributed by atoms with Crippen molar-refractivity contribution in [1.29, 1.82) is 0 Å². The molecule has 0 saturated carbocycles. The predicted molar refractivity (Wildman–Crippen MR) is 54.2 cm³/mol. The zero-order valence-corrected chi connectivity index (χ0v) is 7.94. The van der Waals surface area contributed by atoms with Crippen LogP contribution in [0.2, 0.25) is 5.02 Å². The molecule has 2 rings (SSSR count). The van der Waals surface area contributed by atoms with Crippen molar-refractivity contribution in [2.45, 2.75) is 0 Å². The molecule has 14 heavy (non-hydrogen) atoms. The summed E-state index contributed by atoms with van der Waals surface area (Å²) in [6.07, 6.45) is 4.91. The highest BCUT2D eigenvalue weighted by Crippen LogP contribution is 2.13. The summed E-state index contributed by atoms with van der Waals surface area (Å²) in [5, 5.41) is 4.64. The summed E-state index contributed by atoms with van der Waals surface area (Å²) < 4.78 is 1.64. The Labute approximate surface area is 85.5 Å². The van der Waals surface area contributed by atoms with Gasteiger partial charge in [-0.25, -0.2) is 15.5 Å². The maximum Gasteiger partial charge on any atom is 0.142 e. The lowest BCUT2D eigenvalue weighted by molar-refractivity contribution is 0.878. The quantitative estimate of drug-likeness (QED) is 0.576. The predicted octanol–water partition coefficient (Wildman–Crippen LogP) is 1.21. The average Bonchev–Trinajstić information content (AvgIpc) is 2.65. The Morgan fingerprint density at radius 2 is 2.36 bits per heavy atom. The molecule has 0 radical (unpaired) electrons. The van der Waals surface area contributed by atoms with Crippen molar-refractivity contribution < 1.29 is 0 Å². The Balaban J connectivity index is 2.41. The molecule has 0 spiro atoms. The van der Waals surface area contributed by atoms with E-state index in [0.29, 0.717) is 10.8 Å². The number of nitrogens with two attached hydrogens (primary N) is 1. The van der Waals surface area contributed by atoms with Crippen LogP contribution >= 0.6 is 11.6 Å². The molecule has 5 nitrogen and oxygen atoms in total. The third kappa shape index (κ3) is 1.68. The van der Waals surface area contributed by atoms with E-state index < -0.39 is 0 Å². The van der Waals surface area contributed by atoms with Crippen molar-refractivity contribution in [1.82, 2.24) is 14.8 Å². The maximum atomic E-state index is 5.74. The fourth-order valence-electron chi connectivity index (χ4n) is 1.08. The van der Waals surface area contributed by atoms with Gasteiger partial charge in [0.05, 0.1) is 16.9 Å². The number of hydrogen-bond acceptors (Lipinski definition) is 4. The van der Waals surface area contributed by atoms with Gasteiger partial charge in [-0.15, -0.1) is 0 Å². The van der Waals surface area contributed by atoms with E-state index in [1.54, 1.807) is 29.3 Å².